The van der Waals surface area contributed by atoms with E-state index in [0.29, 0.717) is 11.6 Å². The zero-order valence-electron chi connectivity index (χ0n) is 10.2. The van der Waals surface area contributed by atoms with Crippen LogP contribution in [0.25, 0.3) is 0 Å². The highest BCUT2D eigenvalue weighted by molar-refractivity contribution is 5.96. The molecule has 0 spiro atoms. The number of aromatic nitrogens is 3. The number of carbonyl (C=O) groups excluding carboxylic acids is 1. The molecule has 0 aliphatic rings. The number of hydrogen-bond donors (Lipinski definition) is 2. The summed E-state index contributed by atoms with van der Waals surface area (Å²) in [5, 5.41) is 16.3. The van der Waals surface area contributed by atoms with Crippen LogP contribution in [-0.2, 0) is 6.54 Å². The van der Waals surface area contributed by atoms with Gasteiger partial charge in [-0.3, -0.25) is 9.89 Å². The molecule has 0 unspecified atom stereocenters. The fraction of sp³-hybridized carbons (Fsp3) is 0.250. The molecular formula is C12H14N4O2. The number of nitrogens with one attached hydrogen (secondary N) is 1. The van der Waals surface area contributed by atoms with Crippen molar-refractivity contribution in [3.8, 4) is 5.75 Å². The molecule has 1 heterocycles. The van der Waals surface area contributed by atoms with Gasteiger partial charge in [-0.05, 0) is 19.1 Å². The van der Waals surface area contributed by atoms with E-state index in [0.717, 1.165) is 0 Å². The Kier molecular flexibility index (Phi) is 3.27. The number of aryl methyl sites for hydroxylation is 1. The highest BCUT2D eigenvalue weighted by Gasteiger charge is 2.16. The molecule has 6 nitrogen and oxygen atoms in total. The van der Waals surface area contributed by atoms with E-state index in [4.69, 9.17) is 0 Å². The normalized spacial score (nSPS) is 10.3. The average Bonchev–Trinajstić information content (AvgIpc) is 2.74. The Bertz CT molecular complexity index is 565. The molecule has 2 aromatic rings. The Balaban J connectivity index is 2.12. The van der Waals surface area contributed by atoms with Gasteiger partial charge >= 0.3 is 0 Å². The highest BCUT2D eigenvalue weighted by atomic mass is 16.3. The van der Waals surface area contributed by atoms with Gasteiger partial charge in [-0.2, -0.15) is 5.10 Å². The number of nitrogens with zero attached hydrogens (tertiary/aromatic N) is 3. The summed E-state index contributed by atoms with van der Waals surface area (Å²) in [7, 11) is 1.64. The zero-order chi connectivity index (χ0) is 13.1. The monoisotopic (exact) mass is 246 g/mol. The molecule has 1 aromatic heterocycles. The number of para-hydroxylation sites is 1. The molecule has 0 aliphatic heterocycles. The lowest BCUT2D eigenvalue weighted by molar-refractivity contribution is 0.0778. The fourth-order valence-corrected chi connectivity index (χ4v) is 1.60. The molecule has 0 aliphatic carbocycles. The zero-order valence-corrected chi connectivity index (χ0v) is 10.2. The van der Waals surface area contributed by atoms with E-state index in [1.54, 1.807) is 32.2 Å². The second-order valence-electron chi connectivity index (χ2n) is 4.02. The maximum Gasteiger partial charge on any atom is 0.257 e. The van der Waals surface area contributed by atoms with Gasteiger partial charge < -0.3 is 10.0 Å². The Morgan fingerprint density at radius 1 is 1.44 bits per heavy atom. The Labute approximate surface area is 104 Å². The van der Waals surface area contributed by atoms with Crippen LogP contribution in [0.5, 0.6) is 5.75 Å². The molecule has 2 rings (SSSR count). The van der Waals surface area contributed by atoms with E-state index in [-0.39, 0.29) is 23.8 Å². The van der Waals surface area contributed by atoms with Crippen LogP contribution in [0.3, 0.4) is 0 Å². The second kappa shape index (κ2) is 4.87. The number of carbonyl (C=O) groups is 1. The summed E-state index contributed by atoms with van der Waals surface area (Å²) in [6.45, 7) is 2.08. The van der Waals surface area contributed by atoms with Crippen LogP contribution in [-0.4, -0.2) is 38.1 Å². The number of phenolic OH excluding ortho intramolecular Hbond substituents is 1. The van der Waals surface area contributed by atoms with Crippen LogP contribution in [0.15, 0.2) is 24.3 Å². The van der Waals surface area contributed by atoms with E-state index in [1.807, 2.05) is 0 Å². The van der Waals surface area contributed by atoms with Gasteiger partial charge in [0.15, 0.2) is 5.82 Å². The van der Waals surface area contributed by atoms with Crippen molar-refractivity contribution in [3.05, 3.63) is 41.5 Å². The molecule has 0 fully saturated rings. The van der Waals surface area contributed by atoms with Crippen LogP contribution >= 0.6 is 0 Å². The summed E-state index contributed by atoms with van der Waals surface area (Å²) in [5.74, 6) is 0.947. The third-order valence-corrected chi connectivity index (χ3v) is 2.50. The molecule has 18 heavy (non-hydrogen) atoms. The van der Waals surface area contributed by atoms with Gasteiger partial charge in [0.25, 0.3) is 5.91 Å². The maximum atomic E-state index is 12.1. The molecule has 0 saturated carbocycles. The lowest BCUT2D eigenvalue weighted by atomic mass is 10.2. The first-order chi connectivity index (χ1) is 8.58. The van der Waals surface area contributed by atoms with Crippen molar-refractivity contribution in [2.45, 2.75) is 13.5 Å². The third-order valence-electron chi connectivity index (χ3n) is 2.50. The third kappa shape index (κ3) is 2.48. The fourth-order valence-electron chi connectivity index (χ4n) is 1.60. The molecule has 0 bridgehead atoms. The Morgan fingerprint density at radius 2 is 2.17 bits per heavy atom. The van der Waals surface area contributed by atoms with Crippen molar-refractivity contribution in [1.29, 1.82) is 0 Å². The molecule has 94 valence electrons. The number of aromatic hydroxyl groups is 1. The Morgan fingerprint density at radius 3 is 2.78 bits per heavy atom. The van der Waals surface area contributed by atoms with Crippen molar-refractivity contribution in [2.24, 2.45) is 0 Å². The quantitative estimate of drug-likeness (QED) is 0.849. The van der Waals surface area contributed by atoms with Crippen LogP contribution in [0, 0.1) is 6.92 Å². The van der Waals surface area contributed by atoms with Crippen LogP contribution in [0.1, 0.15) is 22.0 Å². The average molecular weight is 246 g/mol. The van der Waals surface area contributed by atoms with Crippen molar-refractivity contribution in [1.82, 2.24) is 20.1 Å². The summed E-state index contributed by atoms with van der Waals surface area (Å²) in [6, 6.07) is 6.44. The number of aromatic amines is 1. The predicted octanol–water partition coefficient (Wildman–Crippen LogP) is 1.09. The molecule has 1 amide bonds. The molecule has 0 atom stereocenters. The maximum absolute atomic E-state index is 12.1. The van der Waals surface area contributed by atoms with E-state index in [9.17, 15) is 9.90 Å². The molecule has 0 saturated heterocycles. The van der Waals surface area contributed by atoms with Gasteiger partial charge in [-0.25, -0.2) is 4.98 Å². The van der Waals surface area contributed by atoms with Crippen molar-refractivity contribution < 1.29 is 9.90 Å². The number of hydrogen-bond acceptors (Lipinski definition) is 4. The minimum absolute atomic E-state index is 0.0273. The topological polar surface area (TPSA) is 82.1 Å². The van der Waals surface area contributed by atoms with E-state index in [1.165, 1.54) is 11.0 Å². The van der Waals surface area contributed by atoms with Gasteiger partial charge in [-0.15, -0.1) is 0 Å². The SMILES string of the molecule is Cc1nc(CN(C)C(=O)c2ccccc2O)n[nH]1. The number of H-pyrrole nitrogens is 1. The van der Waals surface area contributed by atoms with E-state index >= 15 is 0 Å². The van der Waals surface area contributed by atoms with Crippen LogP contribution in [0.4, 0.5) is 0 Å². The van der Waals surface area contributed by atoms with Crippen molar-refractivity contribution in [3.63, 3.8) is 0 Å². The molecular weight excluding hydrogens is 232 g/mol. The van der Waals surface area contributed by atoms with Gasteiger partial charge in [0.05, 0.1) is 12.1 Å². The summed E-state index contributed by atoms with van der Waals surface area (Å²) in [5.41, 5.74) is 0.271. The number of rotatable bonds is 3. The highest BCUT2D eigenvalue weighted by Crippen LogP contribution is 2.17. The first-order valence-electron chi connectivity index (χ1n) is 5.49. The molecule has 1 aromatic carbocycles. The smallest absolute Gasteiger partial charge is 0.257 e. The lowest BCUT2D eigenvalue weighted by Crippen LogP contribution is -2.26. The lowest BCUT2D eigenvalue weighted by Gasteiger charge is -2.15. The van der Waals surface area contributed by atoms with E-state index in [2.05, 4.69) is 15.2 Å². The largest absolute Gasteiger partial charge is 0.507 e. The van der Waals surface area contributed by atoms with Gasteiger partial charge in [-0.1, -0.05) is 12.1 Å². The molecule has 2 N–H and O–H groups in total. The molecule has 0 radical (unpaired) electrons. The number of amides is 1. The first-order valence-corrected chi connectivity index (χ1v) is 5.49. The number of benzene rings is 1. The summed E-state index contributed by atoms with van der Waals surface area (Å²) in [6.07, 6.45) is 0. The standard InChI is InChI=1S/C12H14N4O2/c1-8-13-11(15-14-8)7-16(2)12(18)9-5-3-4-6-10(9)17/h3-6,17H,7H2,1-2H3,(H,13,14,15). The summed E-state index contributed by atoms with van der Waals surface area (Å²) in [4.78, 5) is 17.7. The minimum Gasteiger partial charge on any atom is -0.507 e. The summed E-state index contributed by atoms with van der Waals surface area (Å²) >= 11 is 0. The second-order valence-corrected chi connectivity index (χ2v) is 4.02. The first kappa shape index (κ1) is 12.1. The van der Waals surface area contributed by atoms with Crippen LogP contribution in [0.2, 0.25) is 0 Å². The predicted molar refractivity (Wildman–Crippen MR) is 65.0 cm³/mol. The van der Waals surface area contributed by atoms with E-state index < -0.39 is 0 Å². The van der Waals surface area contributed by atoms with Gasteiger partial charge in [0.2, 0.25) is 0 Å². The number of phenols is 1. The van der Waals surface area contributed by atoms with Crippen molar-refractivity contribution >= 4 is 5.91 Å². The van der Waals surface area contributed by atoms with Crippen molar-refractivity contribution in [2.75, 3.05) is 7.05 Å². The summed E-state index contributed by atoms with van der Waals surface area (Å²) < 4.78 is 0. The Hall–Kier alpha value is -2.37. The van der Waals surface area contributed by atoms with Gasteiger partial charge in [0, 0.05) is 7.05 Å². The molecule has 6 heteroatoms. The van der Waals surface area contributed by atoms with Crippen LogP contribution < -0.4 is 0 Å². The van der Waals surface area contributed by atoms with Gasteiger partial charge in [0.1, 0.15) is 11.6 Å². The minimum atomic E-state index is -0.268.